The summed E-state index contributed by atoms with van der Waals surface area (Å²) in [5.41, 5.74) is 0. The van der Waals surface area contributed by atoms with Gasteiger partial charge >= 0.3 is 0 Å². The summed E-state index contributed by atoms with van der Waals surface area (Å²) < 4.78 is 0. The van der Waals surface area contributed by atoms with Gasteiger partial charge in [0.1, 0.15) is 0 Å². The van der Waals surface area contributed by atoms with E-state index in [1.165, 1.54) is 0 Å². The largest absolute Gasteiger partial charge is 0.273 e. The lowest BCUT2D eigenvalue weighted by Crippen LogP contribution is -2.03. The maximum absolute atomic E-state index is 10.3. The first-order chi connectivity index (χ1) is 3.29. The van der Waals surface area contributed by atoms with Crippen LogP contribution >= 0.6 is 0 Å². The minimum atomic E-state index is 0.0764. The van der Waals surface area contributed by atoms with E-state index in [1.807, 2.05) is 6.92 Å². The Bertz CT molecular complexity index is 90.1. The van der Waals surface area contributed by atoms with E-state index in [4.69, 9.17) is 0 Å². The Balaban J connectivity index is 2.40. The lowest BCUT2D eigenvalue weighted by molar-refractivity contribution is -0.119. The molecule has 0 aromatic carbocycles. The summed E-state index contributed by atoms with van der Waals surface area (Å²) in [6, 6.07) is 0. The minimum absolute atomic E-state index is 0.0764. The maximum atomic E-state index is 10.3. The van der Waals surface area contributed by atoms with Crippen LogP contribution in [0.25, 0.3) is 0 Å². The Morgan fingerprint density at radius 1 is 1.86 bits per heavy atom. The summed E-state index contributed by atoms with van der Waals surface area (Å²) in [6.45, 7) is 2.78. The number of carbonyl (C=O) groups excluding carboxylic acids is 1. The molecule has 0 bridgehead atoms. The van der Waals surface area contributed by atoms with E-state index in [9.17, 15) is 4.79 Å². The van der Waals surface area contributed by atoms with Crippen LogP contribution < -0.4 is 5.32 Å². The van der Waals surface area contributed by atoms with Gasteiger partial charge in [-0.2, -0.15) is 0 Å². The first-order valence-corrected chi connectivity index (χ1v) is 2.49. The van der Waals surface area contributed by atoms with Crippen LogP contribution in [0.4, 0.5) is 0 Å². The van der Waals surface area contributed by atoms with Gasteiger partial charge in [0.15, 0.2) is 0 Å². The number of hydrogen-bond acceptors (Lipinski definition) is 1. The SMILES string of the molecule is CC1C[N]C(=O)C1. The third-order valence-electron chi connectivity index (χ3n) is 1.10. The molecule has 7 heavy (non-hydrogen) atoms. The molecule has 1 amide bonds. The average Bonchev–Trinajstić information content (AvgIpc) is 1.87. The van der Waals surface area contributed by atoms with Crippen molar-refractivity contribution in [2.24, 2.45) is 5.92 Å². The third-order valence-corrected chi connectivity index (χ3v) is 1.10. The minimum Gasteiger partial charge on any atom is -0.273 e. The Morgan fingerprint density at radius 2 is 2.57 bits per heavy atom. The van der Waals surface area contributed by atoms with Gasteiger partial charge in [0.2, 0.25) is 5.91 Å². The van der Waals surface area contributed by atoms with Crippen molar-refractivity contribution >= 4 is 5.91 Å². The number of carbonyl (C=O) groups is 1. The molecule has 0 spiro atoms. The van der Waals surface area contributed by atoms with E-state index < -0.39 is 0 Å². The molecule has 1 atom stereocenters. The van der Waals surface area contributed by atoms with Crippen LogP contribution in [-0.4, -0.2) is 12.5 Å². The number of hydrogen-bond donors (Lipinski definition) is 0. The molecule has 1 aliphatic rings. The van der Waals surface area contributed by atoms with Gasteiger partial charge in [-0.05, 0) is 5.92 Å². The fourth-order valence-electron chi connectivity index (χ4n) is 0.685. The number of nitrogens with zero attached hydrogens (tertiary/aromatic N) is 1. The highest BCUT2D eigenvalue weighted by molar-refractivity contribution is 5.77. The Hall–Kier alpha value is -0.530. The summed E-state index contributed by atoms with van der Waals surface area (Å²) >= 11 is 0. The van der Waals surface area contributed by atoms with Crippen molar-refractivity contribution in [1.82, 2.24) is 5.32 Å². The molecule has 1 saturated heterocycles. The molecule has 1 radical (unpaired) electrons. The molecule has 1 unspecified atom stereocenters. The second kappa shape index (κ2) is 1.52. The van der Waals surface area contributed by atoms with Crippen LogP contribution in [0.15, 0.2) is 0 Å². The van der Waals surface area contributed by atoms with Crippen molar-refractivity contribution in [3.8, 4) is 0 Å². The van der Waals surface area contributed by atoms with Gasteiger partial charge in [-0.1, -0.05) is 6.92 Å². The van der Waals surface area contributed by atoms with Crippen molar-refractivity contribution in [2.75, 3.05) is 6.54 Å². The zero-order valence-corrected chi connectivity index (χ0v) is 4.35. The van der Waals surface area contributed by atoms with Gasteiger partial charge in [-0.15, -0.1) is 0 Å². The molecule has 0 N–H and O–H groups in total. The standard InChI is InChI=1S/C5H8NO/c1-4-2-5(7)6-3-4/h4H,2-3H2,1H3. The molecule has 1 aliphatic heterocycles. The quantitative estimate of drug-likeness (QED) is 0.424. The molecular weight excluding hydrogens is 90.1 g/mol. The van der Waals surface area contributed by atoms with Gasteiger partial charge in [0.05, 0.1) is 0 Å². The second-order valence-electron chi connectivity index (χ2n) is 2.04. The van der Waals surface area contributed by atoms with E-state index in [-0.39, 0.29) is 5.91 Å². The molecule has 1 heterocycles. The average molecular weight is 98.1 g/mol. The summed E-state index contributed by atoms with van der Waals surface area (Å²) in [5, 5.41) is 3.68. The summed E-state index contributed by atoms with van der Waals surface area (Å²) in [7, 11) is 0. The first kappa shape index (κ1) is 4.62. The zero-order chi connectivity index (χ0) is 5.28. The Kier molecular flexibility index (Phi) is 1.01. The molecule has 0 aromatic rings. The van der Waals surface area contributed by atoms with Crippen LogP contribution in [0.3, 0.4) is 0 Å². The van der Waals surface area contributed by atoms with Crippen molar-refractivity contribution in [2.45, 2.75) is 13.3 Å². The van der Waals surface area contributed by atoms with E-state index in [1.54, 1.807) is 0 Å². The van der Waals surface area contributed by atoms with E-state index in [2.05, 4.69) is 5.32 Å². The van der Waals surface area contributed by atoms with Gasteiger partial charge in [-0.3, -0.25) is 10.1 Å². The van der Waals surface area contributed by atoms with Gasteiger partial charge in [0, 0.05) is 13.0 Å². The fraction of sp³-hybridized carbons (Fsp3) is 0.800. The topological polar surface area (TPSA) is 31.2 Å². The molecule has 0 aromatic heterocycles. The van der Waals surface area contributed by atoms with Crippen LogP contribution in [-0.2, 0) is 4.79 Å². The molecule has 1 rings (SSSR count). The van der Waals surface area contributed by atoms with E-state index in [0.29, 0.717) is 12.3 Å². The fourth-order valence-corrected chi connectivity index (χ4v) is 0.685. The zero-order valence-electron chi connectivity index (χ0n) is 4.35. The molecular formula is C5H8NO. The van der Waals surface area contributed by atoms with Crippen molar-refractivity contribution < 1.29 is 4.79 Å². The third kappa shape index (κ3) is 0.918. The highest BCUT2D eigenvalue weighted by Gasteiger charge is 2.17. The van der Waals surface area contributed by atoms with Crippen molar-refractivity contribution in [3.63, 3.8) is 0 Å². The summed E-state index contributed by atoms with van der Waals surface area (Å²) in [5.74, 6) is 0.583. The Morgan fingerprint density at radius 3 is 2.71 bits per heavy atom. The smallest absolute Gasteiger partial charge is 0.241 e. The van der Waals surface area contributed by atoms with Gasteiger partial charge in [0.25, 0.3) is 0 Å². The normalized spacial score (nSPS) is 30.4. The van der Waals surface area contributed by atoms with Crippen LogP contribution in [0.2, 0.25) is 0 Å². The molecule has 2 heteroatoms. The highest BCUT2D eigenvalue weighted by Crippen LogP contribution is 2.06. The number of rotatable bonds is 0. The lowest BCUT2D eigenvalue weighted by Gasteiger charge is -1.87. The van der Waals surface area contributed by atoms with E-state index in [0.717, 1.165) is 6.54 Å². The Labute approximate surface area is 42.9 Å². The molecule has 0 aliphatic carbocycles. The van der Waals surface area contributed by atoms with Crippen molar-refractivity contribution in [3.05, 3.63) is 0 Å². The number of amides is 1. The predicted molar refractivity (Wildman–Crippen MR) is 25.8 cm³/mol. The monoisotopic (exact) mass is 98.1 g/mol. The van der Waals surface area contributed by atoms with Crippen LogP contribution in [0.1, 0.15) is 13.3 Å². The molecule has 2 nitrogen and oxygen atoms in total. The molecule has 1 fully saturated rings. The van der Waals surface area contributed by atoms with Crippen LogP contribution in [0, 0.1) is 5.92 Å². The summed E-state index contributed by atoms with van der Waals surface area (Å²) in [6.07, 6.45) is 0.667. The van der Waals surface area contributed by atoms with Crippen molar-refractivity contribution in [1.29, 1.82) is 0 Å². The second-order valence-corrected chi connectivity index (χ2v) is 2.04. The predicted octanol–water partition coefficient (Wildman–Crippen LogP) is 0.157. The van der Waals surface area contributed by atoms with Gasteiger partial charge in [-0.25, -0.2) is 0 Å². The highest BCUT2D eigenvalue weighted by atomic mass is 16.1. The maximum Gasteiger partial charge on any atom is 0.241 e. The lowest BCUT2D eigenvalue weighted by atomic mass is 10.2. The van der Waals surface area contributed by atoms with Crippen LogP contribution in [0.5, 0.6) is 0 Å². The molecule has 0 saturated carbocycles. The van der Waals surface area contributed by atoms with E-state index >= 15 is 0 Å². The summed E-state index contributed by atoms with van der Waals surface area (Å²) in [4.78, 5) is 10.3. The molecule has 39 valence electrons. The van der Waals surface area contributed by atoms with Gasteiger partial charge < -0.3 is 0 Å². The first-order valence-electron chi connectivity index (χ1n) is 2.49.